The van der Waals surface area contributed by atoms with Crippen molar-refractivity contribution in [2.24, 2.45) is 5.10 Å². The van der Waals surface area contributed by atoms with Crippen molar-refractivity contribution in [1.29, 1.82) is 0 Å². The predicted molar refractivity (Wildman–Crippen MR) is 146 cm³/mol. The van der Waals surface area contributed by atoms with E-state index in [1.165, 1.54) is 30.5 Å². The Labute approximate surface area is 232 Å². The minimum atomic E-state index is -4.42. The SMILES string of the molecule is O=C(COc1ccc(C=NNC(=O)c2ccc(O)c(Cl)c2)c2ccccc12)NCCc1cccc(C(F)(F)F)c1. The summed E-state index contributed by atoms with van der Waals surface area (Å²) in [5, 5.41) is 17.7. The third-order valence-electron chi connectivity index (χ3n) is 5.85. The van der Waals surface area contributed by atoms with Gasteiger partial charge in [0, 0.05) is 23.1 Å². The van der Waals surface area contributed by atoms with Crippen LogP contribution >= 0.6 is 11.6 Å². The Morgan fingerprint density at radius 1 is 0.975 bits per heavy atom. The van der Waals surface area contributed by atoms with E-state index < -0.39 is 23.6 Å². The van der Waals surface area contributed by atoms with Crippen molar-refractivity contribution in [2.75, 3.05) is 13.2 Å². The number of benzene rings is 4. The standard InChI is InChI=1S/C29H23ClF3N3O4/c30-24-15-19(8-10-25(24)37)28(39)36-35-16-20-9-11-26(23-7-2-1-6-22(20)23)40-17-27(38)34-13-12-18-4-3-5-21(14-18)29(31,32)33/h1-11,14-16,37H,12-13,17H2,(H,34,38)(H,36,39). The van der Waals surface area contributed by atoms with Gasteiger partial charge in [-0.1, -0.05) is 54.1 Å². The number of halogens is 4. The molecule has 11 heteroatoms. The number of hydrogen-bond acceptors (Lipinski definition) is 5. The molecule has 0 unspecified atom stereocenters. The number of carbonyl (C=O) groups excluding carboxylic acids is 2. The van der Waals surface area contributed by atoms with Crippen LogP contribution in [0.2, 0.25) is 5.02 Å². The number of aromatic hydroxyl groups is 1. The molecule has 0 fully saturated rings. The summed E-state index contributed by atoms with van der Waals surface area (Å²) in [7, 11) is 0. The molecule has 0 atom stereocenters. The zero-order valence-electron chi connectivity index (χ0n) is 20.8. The average molecular weight is 570 g/mol. The van der Waals surface area contributed by atoms with Gasteiger partial charge in [0.2, 0.25) is 0 Å². The number of hydrazone groups is 1. The van der Waals surface area contributed by atoms with E-state index in [4.69, 9.17) is 16.3 Å². The molecule has 0 aliphatic heterocycles. The molecule has 0 aromatic heterocycles. The maximum atomic E-state index is 12.9. The highest BCUT2D eigenvalue weighted by Gasteiger charge is 2.30. The first-order chi connectivity index (χ1) is 19.1. The largest absolute Gasteiger partial charge is 0.506 e. The molecule has 4 aromatic carbocycles. The lowest BCUT2D eigenvalue weighted by atomic mass is 10.0. The Morgan fingerprint density at radius 3 is 2.50 bits per heavy atom. The zero-order valence-corrected chi connectivity index (χ0v) is 21.6. The molecule has 0 aliphatic carbocycles. The van der Waals surface area contributed by atoms with Gasteiger partial charge in [-0.25, -0.2) is 5.43 Å². The second kappa shape index (κ2) is 12.5. The van der Waals surface area contributed by atoms with Crippen LogP contribution in [-0.4, -0.2) is 36.3 Å². The predicted octanol–water partition coefficient (Wildman–Crippen LogP) is 5.72. The van der Waals surface area contributed by atoms with Crippen LogP contribution in [0.4, 0.5) is 13.2 Å². The zero-order chi connectivity index (χ0) is 28.7. The number of nitrogens with zero attached hydrogens (tertiary/aromatic N) is 1. The summed E-state index contributed by atoms with van der Waals surface area (Å²) in [4.78, 5) is 24.6. The van der Waals surface area contributed by atoms with E-state index in [0.717, 1.165) is 17.5 Å². The summed E-state index contributed by atoms with van der Waals surface area (Å²) >= 11 is 5.84. The first-order valence-electron chi connectivity index (χ1n) is 12.0. The Morgan fingerprint density at radius 2 is 1.75 bits per heavy atom. The van der Waals surface area contributed by atoms with Crippen molar-refractivity contribution >= 4 is 40.4 Å². The number of amides is 2. The molecule has 4 rings (SSSR count). The lowest BCUT2D eigenvalue weighted by molar-refractivity contribution is -0.137. The fourth-order valence-electron chi connectivity index (χ4n) is 3.85. The quantitative estimate of drug-likeness (QED) is 0.177. The van der Waals surface area contributed by atoms with Crippen LogP contribution in [0.25, 0.3) is 10.8 Å². The first-order valence-corrected chi connectivity index (χ1v) is 12.4. The number of phenolic OH excluding ortho intramolecular Hbond substituents is 1. The fourth-order valence-corrected chi connectivity index (χ4v) is 4.03. The third kappa shape index (κ3) is 7.29. The van der Waals surface area contributed by atoms with Crippen molar-refractivity contribution in [3.8, 4) is 11.5 Å². The highest BCUT2D eigenvalue weighted by atomic mass is 35.5. The van der Waals surface area contributed by atoms with Crippen molar-refractivity contribution < 1.29 is 32.6 Å². The van der Waals surface area contributed by atoms with E-state index in [-0.39, 0.29) is 35.9 Å². The van der Waals surface area contributed by atoms with Gasteiger partial charge in [-0.15, -0.1) is 0 Å². The summed E-state index contributed by atoms with van der Waals surface area (Å²) in [5.74, 6) is -0.619. The molecule has 3 N–H and O–H groups in total. The maximum Gasteiger partial charge on any atom is 0.416 e. The highest BCUT2D eigenvalue weighted by molar-refractivity contribution is 6.32. The smallest absolute Gasteiger partial charge is 0.416 e. The Balaban J connectivity index is 1.34. The van der Waals surface area contributed by atoms with Gasteiger partial charge in [0.1, 0.15) is 11.5 Å². The van der Waals surface area contributed by atoms with Crippen molar-refractivity contribution in [2.45, 2.75) is 12.6 Å². The number of carbonyl (C=O) groups is 2. The Hall–Kier alpha value is -4.57. The van der Waals surface area contributed by atoms with Gasteiger partial charge in [0.05, 0.1) is 16.8 Å². The number of phenols is 1. The van der Waals surface area contributed by atoms with Gasteiger partial charge >= 0.3 is 6.18 Å². The summed E-state index contributed by atoms with van der Waals surface area (Å²) in [6, 6.07) is 19.7. The van der Waals surface area contributed by atoms with Crippen LogP contribution in [0.5, 0.6) is 11.5 Å². The summed E-state index contributed by atoms with van der Waals surface area (Å²) < 4.78 is 44.3. The molecule has 7 nitrogen and oxygen atoms in total. The maximum absolute atomic E-state index is 12.9. The molecule has 0 bridgehead atoms. The normalized spacial score (nSPS) is 11.5. The van der Waals surface area contributed by atoms with E-state index in [1.54, 1.807) is 18.2 Å². The monoisotopic (exact) mass is 569 g/mol. The number of alkyl halides is 3. The van der Waals surface area contributed by atoms with E-state index in [1.807, 2.05) is 24.3 Å². The molecule has 40 heavy (non-hydrogen) atoms. The second-order valence-corrected chi connectivity index (χ2v) is 9.06. The van der Waals surface area contributed by atoms with E-state index >= 15 is 0 Å². The fraction of sp³-hybridized carbons (Fsp3) is 0.138. The molecule has 206 valence electrons. The lowest BCUT2D eigenvalue weighted by Gasteiger charge is -2.12. The molecule has 2 amide bonds. The summed E-state index contributed by atoms with van der Waals surface area (Å²) in [6.45, 7) is -0.132. The topological polar surface area (TPSA) is 100 Å². The number of ether oxygens (including phenoxy) is 1. The second-order valence-electron chi connectivity index (χ2n) is 8.65. The van der Waals surface area contributed by atoms with Gasteiger partial charge in [0.15, 0.2) is 6.61 Å². The van der Waals surface area contributed by atoms with Crippen LogP contribution in [0, 0.1) is 0 Å². The summed E-state index contributed by atoms with van der Waals surface area (Å²) in [5.41, 5.74) is 3.04. The minimum Gasteiger partial charge on any atom is -0.506 e. The van der Waals surface area contributed by atoms with Crippen LogP contribution < -0.4 is 15.5 Å². The molecule has 0 spiro atoms. The van der Waals surface area contributed by atoms with E-state index in [0.29, 0.717) is 22.3 Å². The molecule has 4 aromatic rings. The van der Waals surface area contributed by atoms with E-state index in [9.17, 15) is 27.9 Å². The minimum absolute atomic E-state index is 0.0441. The van der Waals surface area contributed by atoms with Crippen molar-refractivity contribution in [3.05, 3.63) is 106 Å². The van der Waals surface area contributed by atoms with Gasteiger partial charge < -0.3 is 15.2 Å². The average Bonchev–Trinajstić information content (AvgIpc) is 2.93. The molecule has 0 heterocycles. The number of fused-ring (bicyclic) bond motifs is 1. The highest BCUT2D eigenvalue weighted by Crippen LogP contribution is 2.30. The van der Waals surface area contributed by atoms with Crippen molar-refractivity contribution in [3.63, 3.8) is 0 Å². The molecule has 0 saturated carbocycles. The van der Waals surface area contributed by atoms with Crippen molar-refractivity contribution in [1.82, 2.24) is 10.7 Å². The molecular formula is C29H23ClF3N3O4. The molecule has 0 aliphatic rings. The van der Waals surface area contributed by atoms with Gasteiger partial charge in [-0.3, -0.25) is 9.59 Å². The molecule has 0 saturated heterocycles. The number of rotatable bonds is 9. The number of nitrogens with one attached hydrogen (secondary N) is 2. The molecule has 0 radical (unpaired) electrons. The first kappa shape index (κ1) is 28.4. The van der Waals surface area contributed by atoms with Gasteiger partial charge in [0.25, 0.3) is 11.8 Å². The summed E-state index contributed by atoms with van der Waals surface area (Å²) in [6.07, 6.45) is -2.72. The Bertz CT molecular complexity index is 1570. The van der Waals surface area contributed by atoms with Crippen LogP contribution in [-0.2, 0) is 17.4 Å². The van der Waals surface area contributed by atoms with E-state index in [2.05, 4.69) is 15.8 Å². The van der Waals surface area contributed by atoms with Gasteiger partial charge in [-0.05, 0) is 53.8 Å². The van der Waals surface area contributed by atoms with Crippen LogP contribution in [0.3, 0.4) is 0 Å². The number of hydrogen-bond donors (Lipinski definition) is 3. The third-order valence-corrected chi connectivity index (χ3v) is 6.15. The van der Waals surface area contributed by atoms with Gasteiger partial charge in [-0.2, -0.15) is 18.3 Å². The van der Waals surface area contributed by atoms with Crippen LogP contribution in [0.1, 0.15) is 27.0 Å². The Kier molecular flexibility index (Phi) is 8.90. The molecular weight excluding hydrogens is 547 g/mol. The van der Waals surface area contributed by atoms with Crippen LogP contribution in [0.15, 0.2) is 84.0 Å². The lowest BCUT2D eigenvalue weighted by Crippen LogP contribution is -2.30.